The third-order valence-electron chi connectivity index (χ3n) is 3.40. The van der Waals surface area contributed by atoms with E-state index in [0.717, 1.165) is 12.1 Å². The lowest BCUT2D eigenvalue weighted by Crippen LogP contribution is -2.13. The van der Waals surface area contributed by atoms with Crippen molar-refractivity contribution >= 4 is 32.6 Å². The molecule has 2 aromatic carbocycles. The van der Waals surface area contributed by atoms with Crippen LogP contribution in [0.3, 0.4) is 0 Å². The van der Waals surface area contributed by atoms with Gasteiger partial charge in [-0.25, -0.2) is 22.0 Å². The number of hydrogen-bond donors (Lipinski definition) is 2. The second-order valence-corrected chi connectivity index (χ2v) is 6.69. The Labute approximate surface area is 140 Å². The van der Waals surface area contributed by atoms with E-state index in [4.69, 9.17) is 0 Å². The Bertz CT molecular complexity index is 1080. The smallest absolute Gasteiger partial charge is 0.359 e. The molecular formula is C15H11F2N3O4S. The molecule has 0 amide bonds. The number of carbonyl (C=O) groups excluding carboxylic acids is 1. The Morgan fingerprint density at radius 2 is 1.92 bits per heavy atom. The molecule has 1 heterocycles. The number of nitrogens with one attached hydrogen (secondary N) is 2. The molecule has 0 unspecified atom stereocenters. The molecule has 0 radical (unpaired) electrons. The molecule has 0 aliphatic rings. The Morgan fingerprint density at radius 1 is 1.16 bits per heavy atom. The molecule has 2 N–H and O–H groups in total. The first-order valence-electron chi connectivity index (χ1n) is 6.86. The molecule has 3 aromatic rings. The molecule has 0 saturated heterocycles. The van der Waals surface area contributed by atoms with Crippen molar-refractivity contribution in [2.24, 2.45) is 0 Å². The van der Waals surface area contributed by atoms with Gasteiger partial charge in [0.25, 0.3) is 10.0 Å². The van der Waals surface area contributed by atoms with Crippen LogP contribution in [0.1, 0.15) is 10.5 Å². The first-order chi connectivity index (χ1) is 11.8. The van der Waals surface area contributed by atoms with E-state index in [2.05, 4.69) is 19.7 Å². The maximum absolute atomic E-state index is 13.3. The van der Waals surface area contributed by atoms with Gasteiger partial charge in [-0.3, -0.25) is 9.82 Å². The van der Waals surface area contributed by atoms with Gasteiger partial charge in [0.15, 0.2) is 17.3 Å². The second kappa shape index (κ2) is 6.13. The van der Waals surface area contributed by atoms with Crippen molar-refractivity contribution in [2.75, 3.05) is 11.8 Å². The number of nitrogens with zero attached hydrogens (tertiary/aromatic N) is 1. The minimum Gasteiger partial charge on any atom is -0.464 e. The summed E-state index contributed by atoms with van der Waals surface area (Å²) >= 11 is 0. The van der Waals surface area contributed by atoms with Crippen LogP contribution in [0.4, 0.5) is 14.5 Å². The van der Waals surface area contributed by atoms with Gasteiger partial charge in [0.1, 0.15) is 0 Å². The summed E-state index contributed by atoms with van der Waals surface area (Å²) in [5, 5.41) is 6.78. The highest BCUT2D eigenvalue weighted by Crippen LogP contribution is 2.24. The Hall–Kier alpha value is -3.01. The highest BCUT2D eigenvalue weighted by atomic mass is 32.2. The van der Waals surface area contributed by atoms with Gasteiger partial charge in [0.05, 0.1) is 17.5 Å². The Balaban J connectivity index is 1.99. The number of fused-ring (bicyclic) bond motifs is 1. The van der Waals surface area contributed by atoms with E-state index in [-0.39, 0.29) is 11.4 Å². The molecule has 0 aliphatic heterocycles. The number of aromatic nitrogens is 2. The van der Waals surface area contributed by atoms with Crippen molar-refractivity contribution < 1.29 is 26.7 Å². The summed E-state index contributed by atoms with van der Waals surface area (Å²) in [5.74, 6) is -3.12. The summed E-state index contributed by atoms with van der Waals surface area (Å²) in [7, 11) is -2.95. The fourth-order valence-corrected chi connectivity index (χ4v) is 3.25. The average molecular weight is 367 g/mol. The predicted molar refractivity (Wildman–Crippen MR) is 84.6 cm³/mol. The quantitative estimate of drug-likeness (QED) is 0.690. The summed E-state index contributed by atoms with van der Waals surface area (Å²) in [6, 6.07) is 6.56. The van der Waals surface area contributed by atoms with Crippen molar-refractivity contribution in [1.29, 1.82) is 0 Å². The average Bonchev–Trinajstić information content (AvgIpc) is 2.99. The van der Waals surface area contributed by atoms with Crippen molar-refractivity contribution in [3.63, 3.8) is 0 Å². The lowest BCUT2D eigenvalue weighted by Gasteiger charge is -2.08. The van der Waals surface area contributed by atoms with Gasteiger partial charge in [-0.05, 0) is 36.4 Å². The van der Waals surface area contributed by atoms with Gasteiger partial charge < -0.3 is 4.74 Å². The van der Waals surface area contributed by atoms with E-state index >= 15 is 0 Å². The second-order valence-electron chi connectivity index (χ2n) is 5.01. The molecule has 0 bridgehead atoms. The van der Waals surface area contributed by atoms with Crippen LogP contribution in [0.15, 0.2) is 41.3 Å². The van der Waals surface area contributed by atoms with Crippen LogP contribution in [-0.2, 0) is 14.8 Å². The largest absolute Gasteiger partial charge is 0.464 e. The number of benzene rings is 2. The highest BCUT2D eigenvalue weighted by Gasteiger charge is 2.19. The maximum Gasteiger partial charge on any atom is 0.359 e. The van der Waals surface area contributed by atoms with Gasteiger partial charge in [-0.1, -0.05) is 0 Å². The SMILES string of the molecule is COC(=O)c1n[nH]c2ccc(NS(=O)(=O)c3ccc(F)c(F)c3)cc12. The van der Waals surface area contributed by atoms with Crippen molar-refractivity contribution in [1.82, 2.24) is 10.2 Å². The van der Waals surface area contributed by atoms with Crippen LogP contribution in [0.2, 0.25) is 0 Å². The summed E-state index contributed by atoms with van der Waals surface area (Å²) in [6.07, 6.45) is 0. The zero-order valence-corrected chi connectivity index (χ0v) is 13.5. The molecule has 10 heteroatoms. The molecule has 0 fully saturated rings. The minimum absolute atomic E-state index is 0.00799. The van der Waals surface area contributed by atoms with Crippen LogP contribution < -0.4 is 4.72 Å². The standard InChI is InChI=1S/C15H11F2N3O4S/c1-24-15(21)14-10-6-8(2-5-13(10)18-19-14)20-25(22,23)9-3-4-11(16)12(17)7-9/h2-7,20H,1H3,(H,18,19). The summed E-state index contributed by atoms with van der Waals surface area (Å²) in [6.45, 7) is 0. The minimum atomic E-state index is -4.15. The normalized spacial score (nSPS) is 11.5. The molecule has 0 saturated carbocycles. The third-order valence-corrected chi connectivity index (χ3v) is 4.77. The first kappa shape index (κ1) is 16.8. The van der Waals surface area contributed by atoms with E-state index in [1.54, 1.807) is 0 Å². The lowest BCUT2D eigenvalue weighted by molar-refractivity contribution is 0.0596. The molecule has 0 aliphatic carbocycles. The molecule has 25 heavy (non-hydrogen) atoms. The fraction of sp³-hybridized carbons (Fsp3) is 0.0667. The monoisotopic (exact) mass is 367 g/mol. The fourth-order valence-electron chi connectivity index (χ4n) is 2.19. The molecular weight excluding hydrogens is 356 g/mol. The molecule has 0 spiro atoms. The van der Waals surface area contributed by atoms with Crippen LogP contribution >= 0.6 is 0 Å². The highest BCUT2D eigenvalue weighted by molar-refractivity contribution is 7.92. The predicted octanol–water partition coefficient (Wildman–Crippen LogP) is 2.43. The maximum atomic E-state index is 13.3. The number of methoxy groups -OCH3 is 1. The van der Waals surface area contributed by atoms with Gasteiger partial charge in [-0.15, -0.1) is 0 Å². The number of H-pyrrole nitrogens is 1. The van der Waals surface area contributed by atoms with Crippen LogP contribution in [0.5, 0.6) is 0 Å². The number of rotatable bonds is 4. The van der Waals surface area contributed by atoms with E-state index in [9.17, 15) is 22.0 Å². The molecule has 7 nitrogen and oxygen atoms in total. The van der Waals surface area contributed by atoms with Crippen molar-refractivity contribution in [3.05, 3.63) is 53.7 Å². The topological polar surface area (TPSA) is 101 Å². The van der Waals surface area contributed by atoms with Gasteiger partial charge in [-0.2, -0.15) is 5.10 Å². The summed E-state index contributed by atoms with van der Waals surface area (Å²) in [4.78, 5) is 11.2. The van der Waals surface area contributed by atoms with Crippen molar-refractivity contribution in [3.8, 4) is 0 Å². The van der Waals surface area contributed by atoms with Gasteiger partial charge in [0, 0.05) is 11.1 Å². The summed E-state index contributed by atoms with van der Waals surface area (Å²) < 4.78 is 57.7. The molecule has 3 rings (SSSR count). The van der Waals surface area contributed by atoms with E-state index in [0.29, 0.717) is 17.0 Å². The van der Waals surface area contributed by atoms with Gasteiger partial charge in [0.2, 0.25) is 0 Å². The number of halogens is 2. The van der Waals surface area contributed by atoms with Gasteiger partial charge >= 0.3 is 5.97 Å². The lowest BCUT2D eigenvalue weighted by atomic mass is 10.2. The number of esters is 1. The number of aromatic amines is 1. The van der Waals surface area contributed by atoms with E-state index in [1.807, 2.05) is 0 Å². The number of anilines is 1. The van der Waals surface area contributed by atoms with Crippen LogP contribution in [0.25, 0.3) is 10.9 Å². The number of ether oxygens (including phenoxy) is 1. The van der Waals surface area contributed by atoms with E-state index < -0.39 is 32.5 Å². The zero-order valence-electron chi connectivity index (χ0n) is 12.7. The Morgan fingerprint density at radius 3 is 2.60 bits per heavy atom. The first-order valence-corrected chi connectivity index (χ1v) is 8.34. The van der Waals surface area contributed by atoms with Crippen molar-refractivity contribution in [2.45, 2.75) is 4.90 Å². The zero-order chi connectivity index (χ0) is 18.2. The number of carbonyl (C=O) groups is 1. The number of sulfonamides is 1. The van der Waals surface area contributed by atoms with Crippen LogP contribution in [0, 0.1) is 11.6 Å². The molecule has 130 valence electrons. The Kier molecular flexibility index (Phi) is 4.13. The molecule has 0 atom stereocenters. The molecule has 1 aromatic heterocycles. The third kappa shape index (κ3) is 3.15. The van der Waals surface area contributed by atoms with Crippen LogP contribution in [-0.4, -0.2) is 31.7 Å². The number of hydrogen-bond acceptors (Lipinski definition) is 5. The summed E-state index contributed by atoms with van der Waals surface area (Å²) in [5.41, 5.74) is 0.603. The van der Waals surface area contributed by atoms with E-state index in [1.165, 1.54) is 25.3 Å².